The highest BCUT2D eigenvalue weighted by atomic mass is 16.5. The van der Waals surface area contributed by atoms with Crippen LogP contribution in [-0.4, -0.2) is 34.8 Å². The number of fused-ring (bicyclic) bond motifs is 1. The minimum Gasteiger partial charge on any atom is -0.493 e. The topological polar surface area (TPSA) is 91.4 Å². The monoisotopic (exact) mass is 392 g/mol. The molecule has 1 aromatic carbocycles. The fourth-order valence-electron chi connectivity index (χ4n) is 4.21. The number of anilines is 1. The van der Waals surface area contributed by atoms with Crippen molar-refractivity contribution in [3.63, 3.8) is 0 Å². The third-order valence-electron chi connectivity index (χ3n) is 5.53. The van der Waals surface area contributed by atoms with Crippen molar-refractivity contribution in [2.75, 3.05) is 19.5 Å². The van der Waals surface area contributed by atoms with E-state index in [1.807, 2.05) is 30.3 Å². The lowest BCUT2D eigenvalue weighted by atomic mass is 9.79. The average Bonchev–Trinajstić information content (AvgIpc) is 3.43. The zero-order valence-electron chi connectivity index (χ0n) is 16.1. The van der Waals surface area contributed by atoms with Crippen LogP contribution >= 0.6 is 0 Å². The Balaban J connectivity index is 1.62. The molecule has 2 aliphatic rings. The zero-order valence-corrected chi connectivity index (χ0v) is 16.1. The number of furan rings is 1. The van der Waals surface area contributed by atoms with Crippen molar-refractivity contribution in [1.29, 1.82) is 0 Å². The molecule has 0 saturated carbocycles. The van der Waals surface area contributed by atoms with Crippen LogP contribution < -0.4 is 14.8 Å². The molecule has 8 heteroatoms. The van der Waals surface area contributed by atoms with E-state index in [1.54, 1.807) is 25.2 Å². The second kappa shape index (κ2) is 6.80. The maximum atomic E-state index is 13.3. The Hall–Kier alpha value is -3.55. The number of nitrogens with one attached hydrogen (secondary N) is 1. The van der Waals surface area contributed by atoms with Gasteiger partial charge in [-0.3, -0.25) is 4.79 Å². The molecule has 1 aliphatic heterocycles. The van der Waals surface area contributed by atoms with Gasteiger partial charge in [0.2, 0.25) is 5.95 Å². The number of hydrogen-bond donors (Lipinski definition) is 1. The summed E-state index contributed by atoms with van der Waals surface area (Å²) in [6.45, 7) is 0. The van der Waals surface area contributed by atoms with Crippen molar-refractivity contribution in [3.05, 3.63) is 65.5 Å². The molecule has 0 saturated heterocycles. The third-order valence-corrected chi connectivity index (χ3v) is 5.53. The molecule has 3 heterocycles. The SMILES string of the molecule is COc1ccc([C@@H]2C3=C(C[C@@H](c4ccco4)CC3=O)Nc3ncnn32)cc1OC. The van der Waals surface area contributed by atoms with E-state index in [1.165, 1.54) is 6.33 Å². The molecule has 1 aliphatic carbocycles. The Morgan fingerprint density at radius 2 is 2.03 bits per heavy atom. The maximum absolute atomic E-state index is 13.3. The van der Waals surface area contributed by atoms with Crippen LogP contribution in [0.25, 0.3) is 0 Å². The lowest BCUT2D eigenvalue weighted by Crippen LogP contribution is -2.33. The summed E-state index contributed by atoms with van der Waals surface area (Å²) in [5, 5.41) is 7.68. The van der Waals surface area contributed by atoms with Gasteiger partial charge in [-0.05, 0) is 36.2 Å². The van der Waals surface area contributed by atoms with E-state index in [0.717, 1.165) is 17.0 Å². The minimum atomic E-state index is -0.381. The largest absolute Gasteiger partial charge is 0.493 e. The fraction of sp³-hybridized carbons (Fsp3) is 0.286. The number of nitrogens with zero attached hydrogens (tertiary/aromatic N) is 3. The number of methoxy groups -OCH3 is 2. The minimum absolute atomic E-state index is 0.00396. The van der Waals surface area contributed by atoms with E-state index in [2.05, 4.69) is 15.4 Å². The van der Waals surface area contributed by atoms with Gasteiger partial charge in [0.05, 0.1) is 20.5 Å². The van der Waals surface area contributed by atoms with Crippen LogP contribution in [0.3, 0.4) is 0 Å². The van der Waals surface area contributed by atoms with Gasteiger partial charge >= 0.3 is 0 Å². The van der Waals surface area contributed by atoms with E-state index in [0.29, 0.717) is 35.9 Å². The number of ketones is 1. The molecule has 0 unspecified atom stereocenters. The molecule has 0 fully saturated rings. The number of Topliss-reactive ketones (excluding diaryl/α,β-unsaturated/α-hetero) is 1. The molecule has 1 N–H and O–H groups in total. The first-order valence-electron chi connectivity index (χ1n) is 9.37. The smallest absolute Gasteiger partial charge is 0.226 e. The van der Waals surface area contributed by atoms with Gasteiger partial charge in [0.25, 0.3) is 0 Å². The summed E-state index contributed by atoms with van der Waals surface area (Å²) in [6.07, 6.45) is 4.19. The number of carbonyl (C=O) groups is 1. The molecular formula is C21H20N4O4. The quantitative estimate of drug-likeness (QED) is 0.728. The molecule has 2 atom stereocenters. The van der Waals surface area contributed by atoms with Crippen molar-refractivity contribution in [1.82, 2.24) is 14.8 Å². The lowest BCUT2D eigenvalue weighted by Gasteiger charge is -2.34. The molecule has 29 heavy (non-hydrogen) atoms. The van der Waals surface area contributed by atoms with Crippen LogP contribution in [0.1, 0.15) is 36.1 Å². The Labute approximate surface area is 167 Å². The number of carbonyl (C=O) groups excluding carboxylic acids is 1. The molecule has 0 radical (unpaired) electrons. The van der Waals surface area contributed by atoms with Gasteiger partial charge in [0.1, 0.15) is 18.1 Å². The van der Waals surface area contributed by atoms with E-state index in [-0.39, 0.29) is 17.7 Å². The van der Waals surface area contributed by atoms with Gasteiger partial charge in [-0.25, -0.2) is 4.68 Å². The van der Waals surface area contributed by atoms with Crippen LogP contribution in [0.5, 0.6) is 11.5 Å². The Morgan fingerprint density at radius 1 is 1.17 bits per heavy atom. The van der Waals surface area contributed by atoms with Gasteiger partial charge in [-0.1, -0.05) is 6.07 Å². The number of aromatic nitrogens is 3. The summed E-state index contributed by atoms with van der Waals surface area (Å²) < 4.78 is 18.1. The number of benzene rings is 1. The van der Waals surface area contributed by atoms with Crippen molar-refractivity contribution < 1.29 is 18.7 Å². The van der Waals surface area contributed by atoms with E-state index < -0.39 is 0 Å². The molecule has 148 valence electrons. The van der Waals surface area contributed by atoms with Crippen molar-refractivity contribution in [2.24, 2.45) is 0 Å². The molecule has 5 rings (SSSR count). The normalized spacial score (nSPS) is 20.7. The molecule has 3 aromatic rings. The molecule has 2 aromatic heterocycles. The summed E-state index contributed by atoms with van der Waals surface area (Å²) in [5.74, 6) is 2.73. The predicted molar refractivity (Wildman–Crippen MR) is 104 cm³/mol. The summed E-state index contributed by atoms with van der Waals surface area (Å²) >= 11 is 0. The molecular weight excluding hydrogens is 372 g/mol. The average molecular weight is 392 g/mol. The van der Waals surface area contributed by atoms with E-state index in [9.17, 15) is 4.79 Å². The third kappa shape index (κ3) is 2.79. The molecule has 8 nitrogen and oxygen atoms in total. The number of allylic oxidation sites excluding steroid dienone is 2. The first-order valence-corrected chi connectivity index (χ1v) is 9.37. The summed E-state index contributed by atoms with van der Waals surface area (Å²) in [7, 11) is 3.19. The van der Waals surface area contributed by atoms with Crippen LogP contribution in [0.4, 0.5) is 5.95 Å². The molecule has 0 amide bonds. The van der Waals surface area contributed by atoms with Crippen molar-refractivity contribution >= 4 is 11.7 Å². The highest BCUT2D eigenvalue weighted by Crippen LogP contribution is 2.45. The zero-order chi connectivity index (χ0) is 20.0. The summed E-state index contributed by atoms with van der Waals surface area (Å²) in [5.41, 5.74) is 2.45. The number of ether oxygens (including phenoxy) is 2. The van der Waals surface area contributed by atoms with Crippen LogP contribution in [0.2, 0.25) is 0 Å². The van der Waals surface area contributed by atoms with Gasteiger partial charge < -0.3 is 19.2 Å². The van der Waals surface area contributed by atoms with Crippen molar-refractivity contribution in [2.45, 2.75) is 24.8 Å². The Kier molecular flexibility index (Phi) is 4.12. The lowest BCUT2D eigenvalue weighted by molar-refractivity contribution is -0.117. The Bertz CT molecular complexity index is 1100. The fourth-order valence-corrected chi connectivity index (χ4v) is 4.21. The first-order chi connectivity index (χ1) is 14.2. The summed E-state index contributed by atoms with van der Waals surface area (Å²) in [4.78, 5) is 17.6. The second-order valence-corrected chi connectivity index (χ2v) is 7.11. The highest BCUT2D eigenvalue weighted by molar-refractivity contribution is 6.00. The Morgan fingerprint density at radius 3 is 2.79 bits per heavy atom. The van der Waals surface area contributed by atoms with Crippen LogP contribution in [0.15, 0.2) is 58.6 Å². The molecule has 0 spiro atoms. The second-order valence-electron chi connectivity index (χ2n) is 7.11. The van der Waals surface area contributed by atoms with Gasteiger partial charge in [0, 0.05) is 23.6 Å². The van der Waals surface area contributed by atoms with Crippen LogP contribution in [0, 0.1) is 0 Å². The van der Waals surface area contributed by atoms with E-state index in [4.69, 9.17) is 13.9 Å². The number of hydrogen-bond acceptors (Lipinski definition) is 7. The first kappa shape index (κ1) is 17.5. The van der Waals surface area contributed by atoms with Gasteiger partial charge in [-0.2, -0.15) is 10.1 Å². The van der Waals surface area contributed by atoms with Gasteiger partial charge in [0.15, 0.2) is 17.3 Å². The van der Waals surface area contributed by atoms with Gasteiger partial charge in [-0.15, -0.1) is 0 Å². The standard InChI is InChI=1S/C21H20N4O4/c1-27-17-6-5-12(10-18(17)28-2)20-19-14(24-21-22-11-23-25(20)21)8-13(9-15(19)26)16-4-3-7-29-16/h3-7,10-11,13,20H,8-9H2,1-2H3,(H,22,23,24)/t13-,20-/m1/s1. The highest BCUT2D eigenvalue weighted by Gasteiger charge is 2.40. The maximum Gasteiger partial charge on any atom is 0.226 e. The number of rotatable bonds is 4. The van der Waals surface area contributed by atoms with E-state index >= 15 is 0 Å². The predicted octanol–water partition coefficient (Wildman–Crippen LogP) is 3.30. The molecule has 0 bridgehead atoms. The summed E-state index contributed by atoms with van der Waals surface area (Å²) in [6, 6.07) is 9.04. The van der Waals surface area contributed by atoms with Crippen molar-refractivity contribution in [3.8, 4) is 11.5 Å². The van der Waals surface area contributed by atoms with Crippen LogP contribution in [-0.2, 0) is 4.79 Å².